The average Bonchev–Trinajstić information content (AvgIpc) is 3.03. The van der Waals surface area contributed by atoms with E-state index in [0.29, 0.717) is 29.8 Å². The molecule has 0 aromatic rings. The largest absolute Gasteiger partial charge is 0.462 e. The summed E-state index contributed by atoms with van der Waals surface area (Å²) in [5.74, 6) is 2.12. The van der Waals surface area contributed by atoms with Crippen LogP contribution in [0.4, 0.5) is 0 Å². The molecule has 2 aliphatic carbocycles. The number of carbonyl (C=O) groups excluding carboxylic acids is 1. The third-order valence-electron chi connectivity index (χ3n) is 5.96. The molecule has 1 heterocycles. The highest BCUT2D eigenvalue weighted by Gasteiger charge is 2.61. The van der Waals surface area contributed by atoms with Crippen molar-refractivity contribution < 1.29 is 14.3 Å². The Balaban J connectivity index is 1.87. The SMILES string of the molecule is CC(=O)O[C@@H]1[C@@H]2C[C@]3(CC[C@H]2C(C)C)O[C@@H]3CC[C@@H]1C. The minimum Gasteiger partial charge on any atom is -0.462 e. The Morgan fingerprint density at radius 2 is 2.05 bits per heavy atom. The van der Waals surface area contributed by atoms with Crippen LogP contribution >= 0.6 is 0 Å². The summed E-state index contributed by atoms with van der Waals surface area (Å²) in [5, 5.41) is 0. The number of carbonyl (C=O) groups is 1. The lowest BCUT2D eigenvalue weighted by Gasteiger charge is -2.44. The number of fused-ring (bicyclic) bond motifs is 1. The van der Waals surface area contributed by atoms with Crippen molar-refractivity contribution in [3.63, 3.8) is 0 Å². The third kappa shape index (κ3) is 2.38. The Kier molecular flexibility index (Phi) is 3.60. The van der Waals surface area contributed by atoms with Gasteiger partial charge in [-0.15, -0.1) is 0 Å². The van der Waals surface area contributed by atoms with Gasteiger partial charge < -0.3 is 9.47 Å². The van der Waals surface area contributed by atoms with Gasteiger partial charge in [-0.3, -0.25) is 4.79 Å². The van der Waals surface area contributed by atoms with E-state index in [1.165, 1.54) is 12.8 Å². The maximum atomic E-state index is 11.5. The number of rotatable bonds is 2. The van der Waals surface area contributed by atoms with Crippen molar-refractivity contribution in [1.82, 2.24) is 0 Å². The van der Waals surface area contributed by atoms with Crippen molar-refractivity contribution in [2.24, 2.45) is 23.7 Å². The number of ether oxygens (including phenoxy) is 2. The van der Waals surface area contributed by atoms with Crippen LogP contribution in [0.3, 0.4) is 0 Å². The van der Waals surface area contributed by atoms with E-state index in [1.807, 2.05) is 0 Å². The van der Waals surface area contributed by atoms with Crippen LogP contribution in [0.2, 0.25) is 0 Å². The topological polar surface area (TPSA) is 38.8 Å². The second-order valence-electron chi connectivity index (χ2n) is 7.61. The lowest BCUT2D eigenvalue weighted by molar-refractivity contribution is -0.157. The Bertz CT molecular complexity index is 392. The lowest BCUT2D eigenvalue weighted by Crippen LogP contribution is -2.46. The highest BCUT2D eigenvalue weighted by Crippen LogP contribution is 2.57. The van der Waals surface area contributed by atoms with Gasteiger partial charge in [-0.25, -0.2) is 0 Å². The monoisotopic (exact) mass is 280 g/mol. The van der Waals surface area contributed by atoms with Crippen LogP contribution in [0.25, 0.3) is 0 Å². The van der Waals surface area contributed by atoms with E-state index < -0.39 is 0 Å². The molecule has 3 fully saturated rings. The molecule has 20 heavy (non-hydrogen) atoms. The van der Waals surface area contributed by atoms with Crippen molar-refractivity contribution in [2.75, 3.05) is 0 Å². The minimum absolute atomic E-state index is 0.0854. The Morgan fingerprint density at radius 1 is 1.30 bits per heavy atom. The normalized spacial score (nSPS) is 47.1. The summed E-state index contributed by atoms with van der Waals surface area (Å²) in [4.78, 5) is 11.5. The number of hydrogen-bond donors (Lipinski definition) is 0. The van der Waals surface area contributed by atoms with Crippen LogP contribution < -0.4 is 0 Å². The van der Waals surface area contributed by atoms with Crippen LogP contribution in [0, 0.1) is 23.7 Å². The second-order valence-corrected chi connectivity index (χ2v) is 7.61. The first-order valence-electron chi connectivity index (χ1n) is 8.28. The first kappa shape index (κ1) is 14.4. The first-order chi connectivity index (χ1) is 9.43. The van der Waals surface area contributed by atoms with Crippen LogP contribution in [0.1, 0.15) is 59.8 Å². The summed E-state index contributed by atoms with van der Waals surface area (Å²) in [6.45, 7) is 8.41. The van der Waals surface area contributed by atoms with Crippen molar-refractivity contribution in [1.29, 1.82) is 0 Å². The van der Waals surface area contributed by atoms with Crippen molar-refractivity contribution in [3.05, 3.63) is 0 Å². The van der Waals surface area contributed by atoms with Gasteiger partial charge in [0, 0.05) is 12.8 Å². The molecule has 0 amide bonds. The van der Waals surface area contributed by atoms with Crippen LogP contribution in [0.15, 0.2) is 0 Å². The van der Waals surface area contributed by atoms with Gasteiger partial charge in [0.25, 0.3) is 0 Å². The predicted molar refractivity (Wildman–Crippen MR) is 77.2 cm³/mol. The third-order valence-corrected chi connectivity index (χ3v) is 5.96. The summed E-state index contributed by atoms with van der Waals surface area (Å²) in [6.07, 6.45) is 6.36. The highest BCUT2D eigenvalue weighted by molar-refractivity contribution is 5.66. The molecular weight excluding hydrogens is 252 g/mol. The summed E-state index contributed by atoms with van der Waals surface area (Å²) >= 11 is 0. The van der Waals surface area contributed by atoms with E-state index in [4.69, 9.17) is 9.47 Å². The van der Waals surface area contributed by atoms with Gasteiger partial charge in [0.2, 0.25) is 0 Å². The summed E-state index contributed by atoms with van der Waals surface area (Å²) < 4.78 is 11.9. The van der Waals surface area contributed by atoms with E-state index in [1.54, 1.807) is 6.92 Å². The molecule has 1 spiro atoms. The fourth-order valence-corrected chi connectivity index (χ4v) is 4.83. The van der Waals surface area contributed by atoms with Crippen LogP contribution in [-0.4, -0.2) is 23.8 Å². The zero-order valence-electron chi connectivity index (χ0n) is 13.2. The van der Waals surface area contributed by atoms with Crippen molar-refractivity contribution in [2.45, 2.75) is 77.6 Å². The molecule has 6 atom stereocenters. The molecule has 3 rings (SSSR count). The predicted octanol–water partition coefficient (Wildman–Crippen LogP) is 3.56. The molecule has 2 bridgehead atoms. The fourth-order valence-electron chi connectivity index (χ4n) is 4.83. The van der Waals surface area contributed by atoms with Gasteiger partial charge in [0.15, 0.2) is 0 Å². The summed E-state index contributed by atoms with van der Waals surface area (Å²) in [6, 6.07) is 0. The van der Waals surface area contributed by atoms with Gasteiger partial charge in [-0.2, -0.15) is 0 Å². The van der Waals surface area contributed by atoms with E-state index in [-0.39, 0.29) is 17.7 Å². The van der Waals surface area contributed by atoms with E-state index in [0.717, 1.165) is 19.3 Å². The first-order valence-corrected chi connectivity index (χ1v) is 8.28. The Morgan fingerprint density at radius 3 is 2.70 bits per heavy atom. The van der Waals surface area contributed by atoms with Crippen LogP contribution in [-0.2, 0) is 14.3 Å². The van der Waals surface area contributed by atoms with Gasteiger partial charge in [-0.05, 0) is 49.9 Å². The van der Waals surface area contributed by atoms with E-state index in [9.17, 15) is 4.79 Å². The Labute approximate surface area is 122 Å². The lowest BCUT2D eigenvalue weighted by atomic mass is 9.63. The molecule has 0 radical (unpaired) electrons. The molecule has 1 aliphatic heterocycles. The molecule has 0 unspecified atom stereocenters. The van der Waals surface area contributed by atoms with Gasteiger partial charge in [0.05, 0.1) is 11.7 Å². The minimum atomic E-state index is -0.127. The van der Waals surface area contributed by atoms with E-state index >= 15 is 0 Å². The Hall–Kier alpha value is -0.570. The zero-order chi connectivity index (χ0) is 14.5. The second kappa shape index (κ2) is 5.01. The standard InChI is InChI=1S/C17H28O3/c1-10(2)13-7-8-17-9-14(13)16(19-12(4)18)11(3)5-6-15(17)20-17/h10-11,13-16H,5-9H2,1-4H3/t11-,13-,14+,15+,16-,17-/m0/s1. The number of epoxide rings is 1. The van der Waals surface area contributed by atoms with Gasteiger partial charge in [-0.1, -0.05) is 20.8 Å². The maximum absolute atomic E-state index is 11.5. The molecule has 2 saturated carbocycles. The fraction of sp³-hybridized carbons (Fsp3) is 0.941. The van der Waals surface area contributed by atoms with Crippen LogP contribution in [0.5, 0.6) is 0 Å². The molecule has 3 heteroatoms. The molecule has 3 aliphatic rings. The van der Waals surface area contributed by atoms with E-state index in [2.05, 4.69) is 20.8 Å². The molecule has 3 nitrogen and oxygen atoms in total. The summed E-state index contributed by atoms with van der Waals surface area (Å²) in [5.41, 5.74) is 0.147. The smallest absolute Gasteiger partial charge is 0.302 e. The number of hydrogen-bond acceptors (Lipinski definition) is 3. The molecular formula is C17H28O3. The number of esters is 1. The summed E-state index contributed by atoms with van der Waals surface area (Å²) in [7, 11) is 0. The van der Waals surface area contributed by atoms with Crippen molar-refractivity contribution in [3.8, 4) is 0 Å². The van der Waals surface area contributed by atoms with Gasteiger partial charge >= 0.3 is 5.97 Å². The highest BCUT2D eigenvalue weighted by atomic mass is 16.6. The molecule has 0 aromatic heterocycles. The maximum Gasteiger partial charge on any atom is 0.302 e. The molecule has 0 aromatic carbocycles. The molecule has 1 saturated heterocycles. The molecule has 0 N–H and O–H groups in total. The quantitative estimate of drug-likeness (QED) is 0.573. The molecule has 114 valence electrons. The zero-order valence-corrected chi connectivity index (χ0v) is 13.2. The van der Waals surface area contributed by atoms with Gasteiger partial charge in [0.1, 0.15) is 6.10 Å². The van der Waals surface area contributed by atoms with Crippen molar-refractivity contribution >= 4 is 5.97 Å². The average molecular weight is 280 g/mol.